The minimum Gasteiger partial charge on any atom is -0.106 e. The largest absolute Gasteiger partial charge is 0.106 e. The lowest BCUT2D eigenvalue weighted by Crippen LogP contribution is -1.84. The molecule has 0 N–H and O–H groups in total. The predicted octanol–water partition coefficient (Wildman–Crippen LogP) is 1.64. The summed E-state index contributed by atoms with van der Waals surface area (Å²) >= 11 is 0. The number of rotatable bonds is 0. The van der Waals surface area contributed by atoms with E-state index in [-0.39, 0.29) is 0 Å². The highest BCUT2D eigenvalue weighted by Crippen LogP contribution is 2.08. The number of terminal acetylenes is 3. The summed E-state index contributed by atoms with van der Waals surface area (Å²) in [5.41, 5.74) is 2.16. The molecule has 0 unspecified atom stereocenters. The lowest BCUT2D eigenvalue weighted by Gasteiger charge is -1.96. The predicted molar refractivity (Wildman–Crippen MR) is 73.6 cm³/mol. The van der Waals surface area contributed by atoms with E-state index in [1.54, 1.807) is 18.2 Å². The summed E-state index contributed by atoms with van der Waals surface area (Å²) in [6, 6.07) is 5.36. The zero-order chi connectivity index (χ0) is 13.2. The first-order chi connectivity index (χ1) is 8.80. The van der Waals surface area contributed by atoms with Gasteiger partial charge in [-0.1, -0.05) is 17.8 Å². The Bertz CT molecular complexity index is 643. The molecule has 0 aliphatic carbocycles. The van der Waals surface area contributed by atoms with Gasteiger partial charge in [0.05, 0.1) is 0 Å². The molecule has 0 fully saturated rings. The van der Waals surface area contributed by atoms with Crippen LogP contribution in [0, 0.1) is 72.6 Å². The van der Waals surface area contributed by atoms with Crippen LogP contribution >= 0.6 is 0 Å². The van der Waals surface area contributed by atoms with Crippen molar-refractivity contribution < 1.29 is 0 Å². The van der Waals surface area contributed by atoms with E-state index in [9.17, 15) is 0 Å². The van der Waals surface area contributed by atoms with Crippen LogP contribution in [0.3, 0.4) is 0 Å². The van der Waals surface area contributed by atoms with Gasteiger partial charge in [-0.25, -0.2) is 0 Å². The third kappa shape index (κ3) is 3.98. The van der Waals surface area contributed by atoms with Crippen LogP contribution in [0.2, 0.25) is 0 Å². The van der Waals surface area contributed by atoms with E-state index >= 15 is 0 Å². The van der Waals surface area contributed by atoms with E-state index in [2.05, 4.69) is 53.3 Å². The first kappa shape index (κ1) is 12.6. The lowest BCUT2D eigenvalue weighted by molar-refractivity contribution is 1.56. The summed E-state index contributed by atoms with van der Waals surface area (Å²) in [7, 11) is 0. The standard InChI is InChI=1S/C18H6/c1-4-7-10-16-13-17(11-8-5-2)15-18(14-16)12-9-6-3/h1-3,13-15H. The smallest absolute Gasteiger partial charge is 0.0280 e. The second-order valence-corrected chi connectivity index (χ2v) is 2.98. The molecule has 18 heavy (non-hydrogen) atoms. The molecule has 0 saturated heterocycles. The Morgan fingerprint density at radius 1 is 0.556 bits per heavy atom. The lowest BCUT2D eigenvalue weighted by atomic mass is 10.1. The highest BCUT2D eigenvalue weighted by molar-refractivity contribution is 5.53. The van der Waals surface area contributed by atoms with Gasteiger partial charge >= 0.3 is 0 Å². The number of hydrogen-bond acceptors (Lipinski definition) is 0. The molecule has 0 saturated carbocycles. The summed E-state index contributed by atoms with van der Waals surface area (Å²) in [6.07, 6.45) is 15.2. The Morgan fingerprint density at radius 2 is 0.833 bits per heavy atom. The van der Waals surface area contributed by atoms with E-state index in [0.717, 1.165) is 16.7 Å². The summed E-state index contributed by atoms with van der Waals surface area (Å²) in [4.78, 5) is 0. The molecule has 0 heterocycles. The zero-order valence-corrected chi connectivity index (χ0v) is 9.46. The summed E-state index contributed by atoms with van der Waals surface area (Å²) in [6.45, 7) is 0. The van der Waals surface area contributed by atoms with Crippen LogP contribution in [0.1, 0.15) is 16.7 Å². The van der Waals surface area contributed by atoms with Crippen molar-refractivity contribution in [1.29, 1.82) is 0 Å². The van der Waals surface area contributed by atoms with Crippen molar-refractivity contribution in [3.8, 4) is 72.6 Å². The molecule has 0 atom stereocenters. The monoisotopic (exact) mass is 222 g/mol. The third-order valence-electron chi connectivity index (χ3n) is 1.77. The van der Waals surface area contributed by atoms with Crippen molar-refractivity contribution in [2.24, 2.45) is 0 Å². The number of benzene rings is 1. The number of hydrogen-bond donors (Lipinski definition) is 0. The SMILES string of the molecule is C#CC#Cc1cc(C#CC#C)cc(C#CC#C)c1. The Kier molecular flexibility index (Phi) is 4.89. The molecule has 0 aliphatic heterocycles. The molecular formula is C18H6. The van der Waals surface area contributed by atoms with Crippen LogP contribution in [-0.4, -0.2) is 0 Å². The van der Waals surface area contributed by atoms with Gasteiger partial charge in [-0.2, -0.15) is 0 Å². The van der Waals surface area contributed by atoms with Gasteiger partial charge < -0.3 is 0 Å². The first-order valence-electron chi connectivity index (χ1n) is 4.85. The molecule has 0 radical (unpaired) electrons. The molecule has 0 spiro atoms. The molecule has 0 nitrogen and oxygen atoms in total. The molecule has 78 valence electrons. The Labute approximate surface area is 108 Å². The maximum atomic E-state index is 5.08. The van der Waals surface area contributed by atoms with E-state index in [1.807, 2.05) is 0 Å². The van der Waals surface area contributed by atoms with Crippen LogP contribution < -0.4 is 0 Å². The third-order valence-corrected chi connectivity index (χ3v) is 1.77. The Morgan fingerprint density at radius 3 is 1.06 bits per heavy atom. The van der Waals surface area contributed by atoms with Crippen molar-refractivity contribution in [3.05, 3.63) is 34.9 Å². The fourth-order valence-corrected chi connectivity index (χ4v) is 1.17. The molecule has 0 bridgehead atoms. The summed E-state index contributed by atoms with van der Waals surface area (Å²) < 4.78 is 0. The van der Waals surface area contributed by atoms with E-state index < -0.39 is 0 Å². The van der Waals surface area contributed by atoms with Gasteiger partial charge in [0.1, 0.15) is 0 Å². The maximum absolute atomic E-state index is 5.08. The van der Waals surface area contributed by atoms with E-state index in [4.69, 9.17) is 19.3 Å². The molecule has 1 aromatic rings. The highest BCUT2D eigenvalue weighted by atomic mass is 14.0. The second-order valence-electron chi connectivity index (χ2n) is 2.98. The zero-order valence-electron chi connectivity index (χ0n) is 9.46. The van der Waals surface area contributed by atoms with Crippen molar-refractivity contribution in [3.63, 3.8) is 0 Å². The average Bonchev–Trinajstić information content (AvgIpc) is 2.40. The average molecular weight is 222 g/mol. The van der Waals surface area contributed by atoms with Gasteiger partial charge in [0, 0.05) is 16.7 Å². The Hall–Kier alpha value is -3.42. The Balaban J connectivity index is 3.35. The van der Waals surface area contributed by atoms with Gasteiger partial charge in [0.15, 0.2) is 0 Å². The first-order valence-corrected chi connectivity index (χ1v) is 4.85. The van der Waals surface area contributed by atoms with Gasteiger partial charge in [0.25, 0.3) is 0 Å². The van der Waals surface area contributed by atoms with Crippen LogP contribution in [0.15, 0.2) is 18.2 Å². The molecular weight excluding hydrogens is 216 g/mol. The summed E-state index contributed by atoms with van der Waals surface area (Å²) in [5, 5.41) is 0. The second kappa shape index (κ2) is 6.95. The van der Waals surface area contributed by atoms with Crippen molar-refractivity contribution in [2.75, 3.05) is 0 Å². The fourth-order valence-electron chi connectivity index (χ4n) is 1.17. The molecule has 0 amide bonds. The topological polar surface area (TPSA) is 0 Å². The van der Waals surface area contributed by atoms with E-state index in [0.29, 0.717) is 0 Å². The van der Waals surface area contributed by atoms with Crippen molar-refractivity contribution >= 4 is 0 Å². The molecule has 0 heteroatoms. The quantitative estimate of drug-likeness (QED) is 0.585. The fraction of sp³-hybridized carbons (Fsp3) is 0. The molecule has 0 aliphatic rings. The van der Waals surface area contributed by atoms with Crippen LogP contribution in [0.4, 0.5) is 0 Å². The van der Waals surface area contributed by atoms with Crippen molar-refractivity contribution in [2.45, 2.75) is 0 Å². The minimum absolute atomic E-state index is 0.720. The van der Waals surface area contributed by atoms with E-state index in [1.165, 1.54) is 0 Å². The highest BCUT2D eigenvalue weighted by Gasteiger charge is 1.95. The van der Waals surface area contributed by atoms with Gasteiger partial charge in [-0.15, -0.1) is 19.3 Å². The van der Waals surface area contributed by atoms with Gasteiger partial charge in [-0.3, -0.25) is 0 Å². The van der Waals surface area contributed by atoms with Crippen LogP contribution in [0.25, 0.3) is 0 Å². The van der Waals surface area contributed by atoms with Crippen LogP contribution in [0.5, 0.6) is 0 Å². The molecule has 0 aromatic heterocycles. The normalized spacial score (nSPS) is 6.50. The summed E-state index contributed by atoms with van der Waals surface area (Å²) in [5.74, 6) is 22.7. The maximum Gasteiger partial charge on any atom is 0.0280 e. The minimum atomic E-state index is 0.720. The van der Waals surface area contributed by atoms with Crippen molar-refractivity contribution in [1.82, 2.24) is 0 Å². The van der Waals surface area contributed by atoms with Gasteiger partial charge in [0.2, 0.25) is 0 Å². The van der Waals surface area contributed by atoms with Gasteiger partial charge in [-0.05, 0) is 53.7 Å². The molecule has 1 rings (SSSR count). The molecule has 1 aromatic carbocycles. The van der Waals surface area contributed by atoms with Crippen LogP contribution in [-0.2, 0) is 0 Å².